The summed E-state index contributed by atoms with van der Waals surface area (Å²) in [5.41, 5.74) is 2.01. The molecule has 0 radical (unpaired) electrons. The normalized spacial score (nSPS) is 21.8. The molecule has 0 spiro atoms. The van der Waals surface area contributed by atoms with E-state index in [-0.39, 0.29) is 0 Å². The summed E-state index contributed by atoms with van der Waals surface area (Å²) in [4.78, 5) is 4.62. The van der Waals surface area contributed by atoms with Crippen molar-refractivity contribution in [2.75, 3.05) is 13.7 Å². The Hall–Kier alpha value is -1.61. The molecule has 21 heavy (non-hydrogen) atoms. The topological polar surface area (TPSA) is 34.1 Å². The Labute approximate surface area is 126 Å². The zero-order valence-electron chi connectivity index (χ0n) is 12.9. The molecular formula is C18H24N2O. The molecular weight excluding hydrogens is 260 g/mol. The maximum Gasteiger partial charge on any atom is 0.145 e. The monoisotopic (exact) mass is 284 g/mol. The van der Waals surface area contributed by atoms with E-state index in [1.807, 2.05) is 25.1 Å². The zero-order chi connectivity index (χ0) is 14.7. The molecule has 0 amide bonds. The van der Waals surface area contributed by atoms with Gasteiger partial charge in [-0.2, -0.15) is 0 Å². The van der Waals surface area contributed by atoms with Crippen LogP contribution in [-0.4, -0.2) is 24.7 Å². The van der Waals surface area contributed by atoms with E-state index in [1.54, 1.807) is 0 Å². The molecule has 3 nitrogen and oxygen atoms in total. The Morgan fingerprint density at radius 2 is 2.14 bits per heavy atom. The fourth-order valence-corrected chi connectivity index (χ4v) is 3.42. The predicted octanol–water partition coefficient (Wildman–Crippen LogP) is 3.70. The van der Waals surface area contributed by atoms with Gasteiger partial charge in [-0.1, -0.05) is 24.6 Å². The summed E-state index contributed by atoms with van der Waals surface area (Å²) >= 11 is 0. The van der Waals surface area contributed by atoms with E-state index in [1.165, 1.54) is 19.3 Å². The third-order valence-corrected chi connectivity index (χ3v) is 4.60. The molecule has 0 bridgehead atoms. The van der Waals surface area contributed by atoms with Crippen molar-refractivity contribution in [1.29, 1.82) is 0 Å². The minimum absolute atomic E-state index is 0.668. The first-order valence-electron chi connectivity index (χ1n) is 7.94. The van der Waals surface area contributed by atoms with Crippen LogP contribution >= 0.6 is 0 Å². The summed E-state index contributed by atoms with van der Waals surface area (Å²) < 4.78 is 6.04. The van der Waals surface area contributed by atoms with E-state index >= 15 is 0 Å². The van der Waals surface area contributed by atoms with E-state index in [9.17, 15) is 0 Å². The minimum atomic E-state index is 0.668. The van der Waals surface area contributed by atoms with Gasteiger partial charge in [-0.25, -0.2) is 4.98 Å². The minimum Gasteiger partial charge on any atom is -0.491 e. The molecule has 2 aromatic rings. The van der Waals surface area contributed by atoms with Crippen LogP contribution in [0.15, 0.2) is 30.3 Å². The van der Waals surface area contributed by atoms with Crippen molar-refractivity contribution in [3.05, 3.63) is 36.0 Å². The van der Waals surface area contributed by atoms with Gasteiger partial charge in [0.25, 0.3) is 0 Å². The lowest BCUT2D eigenvalue weighted by molar-refractivity contribution is 0.265. The van der Waals surface area contributed by atoms with Crippen LogP contribution < -0.4 is 10.1 Å². The largest absolute Gasteiger partial charge is 0.491 e. The van der Waals surface area contributed by atoms with Gasteiger partial charge in [0.15, 0.2) is 0 Å². The van der Waals surface area contributed by atoms with Gasteiger partial charge in [-0.15, -0.1) is 0 Å². The highest BCUT2D eigenvalue weighted by molar-refractivity contribution is 5.84. The summed E-state index contributed by atoms with van der Waals surface area (Å²) in [6.07, 6.45) is 5.08. The standard InChI is InChI=1S/C18H24N2O/c1-13-9-10-15-6-4-8-17(18(15)20-13)21-12-11-14-5-3-7-16(14)19-2/h4,6,8-10,14,16,19H,3,5,7,11-12H2,1-2H3. The number of nitrogens with zero attached hydrogens (tertiary/aromatic N) is 1. The van der Waals surface area contributed by atoms with Crippen LogP contribution in [0.25, 0.3) is 10.9 Å². The number of aryl methyl sites for hydroxylation is 1. The van der Waals surface area contributed by atoms with Crippen molar-refractivity contribution in [3.63, 3.8) is 0 Å². The molecule has 1 fully saturated rings. The first-order chi connectivity index (χ1) is 10.3. The lowest BCUT2D eigenvalue weighted by atomic mass is 10.0. The molecule has 3 rings (SSSR count). The number of benzene rings is 1. The summed E-state index contributed by atoms with van der Waals surface area (Å²) in [6, 6.07) is 11.0. The van der Waals surface area contributed by atoms with Crippen LogP contribution in [0.1, 0.15) is 31.4 Å². The molecule has 112 valence electrons. The third-order valence-electron chi connectivity index (χ3n) is 4.60. The average molecular weight is 284 g/mol. The molecule has 1 heterocycles. The van der Waals surface area contributed by atoms with Gasteiger partial charge in [0.1, 0.15) is 11.3 Å². The van der Waals surface area contributed by atoms with Crippen LogP contribution in [0, 0.1) is 12.8 Å². The van der Waals surface area contributed by atoms with Crippen molar-refractivity contribution in [3.8, 4) is 5.75 Å². The molecule has 0 aliphatic heterocycles. The maximum atomic E-state index is 6.04. The molecule has 2 atom stereocenters. The van der Waals surface area contributed by atoms with Gasteiger partial charge in [-0.3, -0.25) is 0 Å². The molecule has 1 aliphatic rings. The Morgan fingerprint density at radius 3 is 3.00 bits per heavy atom. The van der Waals surface area contributed by atoms with Gasteiger partial charge >= 0.3 is 0 Å². The van der Waals surface area contributed by atoms with Crippen LogP contribution in [0.3, 0.4) is 0 Å². The van der Waals surface area contributed by atoms with Crippen molar-refractivity contribution in [2.24, 2.45) is 5.92 Å². The molecule has 1 aliphatic carbocycles. The second-order valence-electron chi connectivity index (χ2n) is 6.00. The van der Waals surface area contributed by atoms with Gasteiger partial charge in [0, 0.05) is 17.1 Å². The van der Waals surface area contributed by atoms with Crippen LogP contribution in [0.4, 0.5) is 0 Å². The van der Waals surface area contributed by atoms with Gasteiger partial charge < -0.3 is 10.1 Å². The summed E-state index contributed by atoms with van der Waals surface area (Å²) in [7, 11) is 2.07. The second-order valence-corrected chi connectivity index (χ2v) is 6.00. The number of para-hydroxylation sites is 1. The number of ether oxygens (including phenoxy) is 1. The molecule has 0 saturated heterocycles. The molecule has 1 aromatic heterocycles. The van der Waals surface area contributed by atoms with E-state index in [0.717, 1.165) is 41.3 Å². The Kier molecular flexibility index (Phi) is 4.39. The lowest BCUT2D eigenvalue weighted by Crippen LogP contribution is -2.29. The summed E-state index contributed by atoms with van der Waals surface area (Å²) in [5, 5.41) is 4.58. The van der Waals surface area contributed by atoms with Gasteiger partial charge in [0.05, 0.1) is 6.61 Å². The van der Waals surface area contributed by atoms with Crippen molar-refractivity contribution < 1.29 is 4.74 Å². The number of nitrogens with one attached hydrogen (secondary N) is 1. The quantitative estimate of drug-likeness (QED) is 0.909. The SMILES string of the molecule is CNC1CCCC1CCOc1cccc2ccc(C)nc12. The maximum absolute atomic E-state index is 6.04. The first kappa shape index (κ1) is 14.3. The van der Waals surface area contributed by atoms with Crippen molar-refractivity contribution in [1.82, 2.24) is 10.3 Å². The number of hydrogen-bond donors (Lipinski definition) is 1. The highest BCUT2D eigenvalue weighted by Gasteiger charge is 2.25. The predicted molar refractivity (Wildman–Crippen MR) is 86.8 cm³/mol. The lowest BCUT2D eigenvalue weighted by Gasteiger charge is -2.19. The van der Waals surface area contributed by atoms with Gasteiger partial charge in [-0.05, 0) is 51.3 Å². The number of aromatic nitrogens is 1. The van der Waals surface area contributed by atoms with E-state index < -0.39 is 0 Å². The number of pyridine rings is 1. The van der Waals surface area contributed by atoms with Crippen LogP contribution in [0.5, 0.6) is 5.75 Å². The van der Waals surface area contributed by atoms with Gasteiger partial charge in [0.2, 0.25) is 0 Å². The zero-order valence-corrected chi connectivity index (χ0v) is 12.9. The number of hydrogen-bond acceptors (Lipinski definition) is 3. The second kappa shape index (κ2) is 6.44. The van der Waals surface area contributed by atoms with Crippen LogP contribution in [0.2, 0.25) is 0 Å². The molecule has 1 N–H and O–H groups in total. The average Bonchev–Trinajstić information content (AvgIpc) is 2.95. The Morgan fingerprint density at radius 1 is 1.24 bits per heavy atom. The molecule has 1 saturated carbocycles. The summed E-state index contributed by atoms with van der Waals surface area (Å²) in [5.74, 6) is 1.66. The fraction of sp³-hybridized carbons (Fsp3) is 0.500. The summed E-state index contributed by atoms with van der Waals surface area (Å²) in [6.45, 7) is 2.80. The highest BCUT2D eigenvalue weighted by atomic mass is 16.5. The van der Waals surface area contributed by atoms with E-state index in [2.05, 4.69) is 29.5 Å². The molecule has 2 unspecified atom stereocenters. The number of rotatable bonds is 5. The van der Waals surface area contributed by atoms with E-state index in [0.29, 0.717) is 6.04 Å². The smallest absolute Gasteiger partial charge is 0.145 e. The molecule has 1 aromatic carbocycles. The van der Waals surface area contributed by atoms with Crippen LogP contribution in [-0.2, 0) is 0 Å². The van der Waals surface area contributed by atoms with E-state index in [4.69, 9.17) is 4.74 Å². The number of fused-ring (bicyclic) bond motifs is 1. The first-order valence-corrected chi connectivity index (χ1v) is 7.94. The molecule has 3 heteroatoms. The highest BCUT2D eigenvalue weighted by Crippen LogP contribution is 2.29. The van der Waals surface area contributed by atoms with Crippen molar-refractivity contribution in [2.45, 2.75) is 38.6 Å². The third kappa shape index (κ3) is 3.18. The Balaban J connectivity index is 1.66. The fourth-order valence-electron chi connectivity index (χ4n) is 3.42. The van der Waals surface area contributed by atoms with Crippen molar-refractivity contribution >= 4 is 10.9 Å². The Bertz CT molecular complexity index is 611.